The lowest BCUT2D eigenvalue weighted by Gasteiger charge is -2.26. The number of benzene rings is 2. The Hall–Kier alpha value is -2.23. The van der Waals surface area contributed by atoms with Crippen LogP contribution in [0.15, 0.2) is 63.2 Å². The molecular weight excluding hydrogens is 450 g/mol. The van der Waals surface area contributed by atoms with Crippen molar-refractivity contribution in [3.05, 3.63) is 54.1 Å². The number of hydrogen-bond acceptors (Lipinski definition) is 5. The molecule has 1 saturated carbocycles. The first-order valence-electron chi connectivity index (χ1n) is 10.7. The van der Waals surface area contributed by atoms with E-state index in [-0.39, 0.29) is 39.0 Å². The summed E-state index contributed by atoms with van der Waals surface area (Å²) in [4.78, 5) is 11.1. The molecule has 2 aromatic rings. The van der Waals surface area contributed by atoms with Crippen molar-refractivity contribution in [2.24, 2.45) is 11.8 Å². The molecule has 0 aliphatic heterocycles. The molecule has 0 unspecified atom stereocenters. The van der Waals surface area contributed by atoms with Gasteiger partial charge < -0.3 is 5.11 Å². The van der Waals surface area contributed by atoms with E-state index in [1.54, 1.807) is 24.3 Å². The highest BCUT2D eigenvalue weighted by molar-refractivity contribution is 7.91. The van der Waals surface area contributed by atoms with Gasteiger partial charge in [0.15, 0.2) is 0 Å². The van der Waals surface area contributed by atoms with Crippen LogP contribution in [0.5, 0.6) is 0 Å². The molecule has 0 heterocycles. The summed E-state index contributed by atoms with van der Waals surface area (Å²) >= 11 is 0. The van der Waals surface area contributed by atoms with Crippen molar-refractivity contribution in [3.8, 4) is 0 Å². The van der Waals surface area contributed by atoms with Crippen molar-refractivity contribution in [2.45, 2.75) is 60.1 Å². The van der Waals surface area contributed by atoms with Gasteiger partial charge in [-0.15, -0.1) is 0 Å². The maximum Gasteiger partial charge on any atom is 0.306 e. The van der Waals surface area contributed by atoms with Crippen LogP contribution in [0, 0.1) is 11.8 Å². The fraction of sp³-hybridized carbons (Fsp3) is 0.435. The molecule has 2 aromatic carbocycles. The van der Waals surface area contributed by atoms with Crippen LogP contribution in [0.2, 0.25) is 0 Å². The standard InChI is InChI=1S/C23H29NO6S2/c1-16(2)21-13-12-20(31(27,28)19-6-4-3-5-7-19)14-22(21)32(29,30)24-15-17-8-10-18(11-9-17)23(25)26/h3-7,12-14,16-18,24H,8-11,15H2,1-2H3,(H,25,26)/t17-,18-. The SMILES string of the molecule is CC(C)c1ccc(S(=O)(=O)c2ccccc2)cc1S(=O)(=O)NC[C@H]1CC[C@H](C(=O)O)CC1. The molecule has 32 heavy (non-hydrogen) atoms. The Morgan fingerprint density at radius 2 is 1.59 bits per heavy atom. The van der Waals surface area contributed by atoms with Crippen molar-refractivity contribution < 1.29 is 26.7 Å². The predicted octanol–water partition coefficient (Wildman–Crippen LogP) is 3.81. The van der Waals surface area contributed by atoms with Crippen LogP contribution in [0.25, 0.3) is 0 Å². The molecule has 0 saturated heterocycles. The van der Waals surface area contributed by atoms with Crippen LogP contribution in [-0.4, -0.2) is 34.5 Å². The molecule has 1 aliphatic carbocycles. The summed E-state index contributed by atoms with van der Waals surface area (Å²) in [5, 5.41) is 9.13. The van der Waals surface area contributed by atoms with E-state index in [0.29, 0.717) is 31.2 Å². The van der Waals surface area contributed by atoms with E-state index in [4.69, 9.17) is 5.11 Å². The van der Waals surface area contributed by atoms with Gasteiger partial charge in [-0.3, -0.25) is 4.79 Å². The number of carboxylic acid groups (broad SMARTS) is 1. The number of hydrogen-bond donors (Lipinski definition) is 2. The molecule has 0 atom stereocenters. The van der Waals surface area contributed by atoms with Crippen molar-refractivity contribution in [2.75, 3.05) is 6.54 Å². The van der Waals surface area contributed by atoms with Gasteiger partial charge in [0.05, 0.1) is 20.6 Å². The van der Waals surface area contributed by atoms with Crippen LogP contribution in [0.1, 0.15) is 51.0 Å². The number of sulfonamides is 1. The van der Waals surface area contributed by atoms with Crippen LogP contribution in [0.4, 0.5) is 0 Å². The Bertz CT molecular complexity index is 1170. The number of carbonyl (C=O) groups is 1. The number of aliphatic carboxylic acids is 1. The smallest absolute Gasteiger partial charge is 0.306 e. The van der Waals surface area contributed by atoms with Gasteiger partial charge in [-0.05, 0) is 67.3 Å². The minimum atomic E-state index is -3.96. The highest BCUT2D eigenvalue weighted by Crippen LogP contribution is 2.31. The van der Waals surface area contributed by atoms with E-state index in [9.17, 15) is 21.6 Å². The van der Waals surface area contributed by atoms with E-state index < -0.39 is 25.8 Å². The average molecular weight is 480 g/mol. The fourth-order valence-electron chi connectivity index (χ4n) is 4.05. The number of carboxylic acids is 1. The minimum Gasteiger partial charge on any atom is -0.481 e. The summed E-state index contributed by atoms with van der Waals surface area (Å²) in [6, 6.07) is 12.2. The zero-order valence-electron chi connectivity index (χ0n) is 18.2. The Balaban J connectivity index is 1.86. The van der Waals surface area contributed by atoms with Crippen molar-refractivity contribution in [1.82, 2.24) is 4.72 Å². The Labute approximate surface area is 189 Å². The summed E-state index contributed by atoms with van der Waals surface area (Å²) in [5.74, 6) is -1.24. The van der Waals surface area contributed by atoms with Gasteiger partial charge in [0, 0.05) is 6.54 Å². The lowest BCUT2D eigenvalue weighted by Crippen LogP contribution is -2.33. The van der Waals surface area contributed by atoms with Crippen molar-refractivity contribution in [3.63, 3.8) is 0 Å². The minimum absolute atomic E-state index is 0.0382. The van der Waals surface area contributed by atoms with E-state index in [1.165, 1.54) is 24.3 Å². The maximum atomic E-state index is 13.2. The monoisotopic (exact) mass is 479 g/mol. The summed E-state index contributed by atoms with van der Waals surface area (Å²) in [7, 11) is -7.82. The van der Waals surface area contributed by atoms with Crippen LogP contribution in [0.3, 0.4) is 0 Å². The van der Waals surface area contributed by atoms with Gasteiger partial charge >= 0.3 is 5.97 Å². The van der Waals surface area contributed by atoms with Gasteiger partial charge in [-0.1, -0.05) is 38.1 Å². The zero-order chi connectivity index (χ0) is 23.5. The lowest BCUT2D eigenvalue weighted by molar-refractivity contribution is -0.143. The largest absolute Gasteiger partial charge is 0.481 e. The second-order valence-electron chi connectivity index (χ2n) is 8.58. The van der Waals surface area contributed by atoms with Gasteiger partial charge in [0.25, 0.3) is 0 Å². The zero-order valence-corrected chi connectivity index (χ0v) is 19.8. The van der Waals surface area contributed by atoms with Crippen LogP contribution >= 0.6 is 0 Å². The van der Waals surface area contributed by atoms with E-state index in [2.05, 4.69) is 4.72 Å². The third-order valence-electron chi connectivity index (χ3n) is 6.02. The summed E-state index contributed by atoms with van der Waals surface area (Å²) in [6.07, 6.45) is 2.34. The van der Waals surface area contributed by atoms with Crippen LogP contribution in [-0.2, 0) is 24.7 Å². The summed E-state index contributed by atoms with van der Waals surface area (Å²) < 4.78 is 55.1. The quantitative estimate of drug-likeness (QED) is 0.594. The Morgan fingerprint density at radius 1 is 0.969 bits per heavy atom. The molecule has 3 rings (SSSR count). The molecule has 9 heteroatoms. The van der Waals surface area contributed by atoms with Gasteiger partial charge in [0.1, 0.15) is 0 Å². The molecule has 2 N–H and O–H groups in total. The fourth-order valence-corrected chi connectivity index (χ4v) is 6.94. The highest BCUT2D eigenvalue weighted by atomic mass is 32.2. The molecule has 174 valence electrons. The molecular formula is C23H29NO6S2. The molecule has 1 aliphatic rings. The lowest BCUT2D eigenvalue weighted by atomic mass is 9.82. The van der Waals surface area contributed by atoms with Crippen molar-refractivity contribution in [1.29, 1.82) is 0 Å². The first-order chi connectivity index (χ1) is 15.0. The molecule has 0 radical (unpaired) electrons. The van der Waals surface area contributed by atoms with Gasteiger partial charge in [0.2, 0.25) is 19.9 Å². The van der Waals surface area contributed by atoms with E-state index in [0.717, 1.165) is 0 Å². The summed E-state index contributed by atoms with van der Waals surface area (Å²) in [6.45, 7) is 3.90. The number of rotatable bonds is 8. The second-order valence-corrected chi connectivity index (χ2v) is 12.3. The average Bonchev–Trinajstić information content (AvgIpc) is 2.78. The molecule has 7 nitrogen and oxygen atoms in total. The highest BCUT2D eigenvalue weighted by Gasteiger charge is 2.29. The first kappa shape index (κ1) is 24.4. The normalized spacial score (nSPS) is 19.7. The number of nitrogens with one attached hydrogen (secondary N) is 1. The first-order valence-corrected chi connectivity index (χ1v) is 13.7. The molecule has 0 spiro atoms. The molecule has 0 amide bonds. The van der Waals surface area contributed by atoms with Gasteiger partial charge in [-0.2, -0.15) is 0 Å². The predicted molar refractivity (Wildman–Crippen MR) is 121 cm³/mol. The van der Waals surface area contributed by atoms with E-state index in [1.807, 2.05) is 13.8 Å². The molecule has 0 aromatic heterocycles. The Kier molecular flexibility index (Phi) is 7.42. The maximum absolute atomic E-state index is 13.2. The van der Waals surface area contributed by atoms with E-state index >= 15 is 0 Å². The third-order valence-corrected chi connectivity index (χ3v) is 9.26. The third kappa shape index (κ3) is 5.39. The topological polar surface area (TPSA) is 118 Å². The summed E-state index contributed by atoms with van der Waals surface area (Å²) in [5.41, 5.74) is 0.541. The molecule has 1 fully saturated rings. The second kappa shape index (κ2) is 9.72. The molecule has 0 bridgehead atoms. The Morgan fingerprint density at radius 3 is 2.16 bits per heavy atom. The van der Waals surface area contributed by atoms with Crippen LogP contribution < -0.4 is 4.72 Å². The van der Waals surface area contributed by atoms with Gasteiger partial charge in [-0.25, -0.2) is 21.6 Å². The van der Waals surface area contributed by atoms with Crippen molar-refractivity contribution >= 4 is 25.8 Å². The number of sulfone groups is 1.